The van der Waals surface area contributed by atoms with Gasteiger partial charge in [-0.3, -0.25) is 4.98 Å². The van der Waals surface area contributed by atoms with Crippen molar-refractivity contribution < 1.29 is 9.53 Å². The second-order valence-corrected chi connectivity index (χ2v) is 5.67. The van der Waals surface area contributed by atoms with Crippen molar-refractivity contribution in [3.8, 4) is 0 Å². The van der Waals surface area contributed by atoms with Gasteiger partial charge in [-0.15, -0.1) is 11.3 Å². The summed E-state index contributed by atoms with van der Waals surface area (Å²) in [6.07, 6.45) is 3.30. The molecule has 1 aliphatic rings. The Morgan fingerprint density at radius 3 is 3.00 bits per heavy atom. The highest BCUT2D eigenvalue weighted by atomic mass is 32.1. The van der Waals surface area contributed by atoms with Gasteiger partial charge in [-0.2, -0.15) is 0 Å². The summed E-state index contributed by atoms with van der Waals surface area (Å²) in [5.74, 6) is 0. The number of thiazole rings is 1. The number of pyridine rings is 1. The van der Waals surface area contributed by atoms with E-state index in [0.29, 0.717) is 19.8 Å². The topological polar surface area (TPSA) is 67.3 Å². The first kappa shape index (κ1) is 14.0. The number of hydrogen-bond donors (Lipinski definition) is 1. The third kappa shape index (κ3) is 3.20. The summed E-state index contributed by atoms with van der Waals surface area (Å²) < 4.78 is 5.51. The van der Waals surface area contributed by atoms with Crippen molar-refractivity contribution in [2.75, 3.05) is 25.1 Å². The summed E-state index contributed by atoms with van der Waals surface area (Å²) >= 11 is 1.56. The lowest BCUT2D eigenvalue weighted by Crippen LogP contribution is -2.45. The van der Waals surface area contributed by atoms with Crippen LogP contribution in [0, 0.1) is 6.92 Å². The fourth-order valence-electron chi connectivity index (χ4n) is 2.21. The molecule has 2 amide bonds. The average Bonchev–Trinajstić information content (AvgIpc) is 2.95. The second-order valence-electron chi connectivity index (χ2n) is 4.78. The Morgan fingerprint density at radius 1 is 1.48 bits per heavy atom. The van der Waals surface area contributed by atoms with Crippen molar-refractivity contribution in [2.24, 2.45) is 0 Å². The Hall–Kier alpha value is -1.99. The zero-order valence-corrected chi connectivity index (χ0v) is 12.5. The van der Waals surface area contributed by atoms with Gasteiger partial charge < -0.3 is 15.0 Å². The molecule has 1 aliphatic heterocycles. The number of rotatable bonds is 2. The number of nitrogens with zero attached hydrogens (tertiary/aromatic N) is 3. The van der Waals surface area contributed by atoms with Crippen molar-refractivity contribution in [1.82, 2.24) is 14.9 Å². The van der Waals surface area contributed by atoms with Crippen molar-refractivity contribution >= 4 is 23.1 Å². The van der Waals surface area contributed by atoms with E-state index in [-0.39, 0.29) is 12.1 Å². The van der Waals surface area contributed by atoms with Gasteiger partial charge in [-0.05, 0) is 19.1 Å². The van der Waals surface area contributed by atoms with Gasteiger partial charge in [0.05, 0.1) is 13.2 Å². The molecular formula is C14H16N4O2S. The molecule has 0 spiro atoms. The number of carbonyl (C=O) groups is 1. The first-order chi connectivity index (χ1) is 10.2. The lowest BCUT2D eigenvalue weighted by atomic mass is 10.2. The molecule has 1 N–H and O–H groups in total. The maximum Gasteiger partial charge on any atom is 0.322 e. The molecule has 0 radical (unpaired) electrons. The van der Waals surface area contributed by atoms with Gasteiger partial charge in [0.15, 0.2) is 0 Å². The van der Waals surface area contributed by atoms with Crippen molar-refractivity contribution in [2.45, 2.75) is 13.0 Å². The fraction of sp³-hybridized carbons (Fsp3) is 0.357. The van der Waals surface area contributed by atoms with E-state index < -0.39 is 0 Å². The molecule has 0 aliphatic carbocycles. The number of morpholine rings is 1. The number of urea groups is 1. The third-order valence-corrected chi connectivity index (χ3v) is 4.31. The molecule has 0 unspecified atom stereocenters. The smallest absolute Gasteiger partial charge is 0.322 e. The molecular weight excluding hydrogens is 288 g/mol. The lowest BCUT2D eigenvalue weighted by Gasteiger charge is -2.34. The molecule has 21 heavy (non-hydrogen) atoms. The molecule has 1 saturated heterocycles. The molecule has 110 valence electrons. The molecule has 0 bridgehead atoms. The Kier molecular flexibility index (Phi) is 4.12. The predicted molar refractivity (Wildman–Crippen MR) is 80.4 cm³/mol. The van der Waals surface area contributed by atoms with Crippen LogP contribution in [0.15, 0.2) is 29.9 Å². The number of amides is 2. The molecule has 2 aromatic heterocycles. The van der Waals surface area contributed by atoms with Crippen LogP contribution in [0.5, 0.6) is 0 Å². The van der Waals surface area contributed by atoms with Crippen LogP contribution in [-0.4, -0.2) is 40.7 Å². The van der Waals surface area contributed by atoms with E-state index in [1.54, 1.807) is 40.8 Å². The largest absolute Gasteiger partial charge is 0.377 e. The molecule has 0 saturated carbocycles. The maximum atomic E-state index is 12.5. The molecule has 2 aromatic rings. The van der Waals surface area contributed by atoms with E-state index in [1.807, 2.05) is 12.3 Å². The second kappa shape index (κ2) is 6.19. The summed E-state index contributed by atoms with van der Waals surface area (Å²) in [6.45, 7) is 3.53. The van der Waals surface area contributed by atoms with Crippen molar-refractivity contribution in [1.29, 1.82) is 0 Å². The minimum absolute atomic E-state index is 0.126. The van der Waals surface area contributed by atoms with Crippen LogP contribution in [-0.2, 0) is 4.74 Å². The third-order valence-electron chi connectivity index (χ3n) is 3.24. The van der Waals surface area contributed by atoms with Crippen LogP contribution in [0.25, 0.3) is 0 Å². The molecule has 3 rings (SSSR count). The Bertz CT molecular complexity index is 616. The van der Waals surface area contributed by atoms with E-state index in [9.17, 15) is 4.79 Å². The zero-order chi connectivity index (χ0) is 14.7. The minimum Gasteiger partial charge on any atom is -0.377 e. The van der Waals surface area contributed by atoms with Crippen LogP contribution >= 0.6 is 11.3 Å². The summed E-state index contributed by atoms with van der Waals surface area (Å²) in [5, 5.41) is 5.79. The molecule has 7 heteroatoms. The normalized spacial score (nSPS) is 18.5. The molecule has 1 fully saturated rings. The van der Waals surface area contributed by atoms with Crippen LogP contribution in [0.3, 0.4) is 0 Å². The Morgan fingerprint density at radius 2 is 2.29 bits per heavy atom. The molecule has 6 nitrogen and oxygen atoms in total. The van der Waals surface area contributed by atoms with Gasteiger partial charge in [0.2, 0.25) is 0 Å². The fourth-order valence-corrected chi connectivity index (χ4v) is 3.10. The number of aromatic nitrogens is 2. The van der Waals surface area contributed by atoms with Gasteiger partial charge in [0, 0.05) is 35.7 Å². The highest BCUT2D eigenvalue weighted by Crippen LogP contribution is 2.27. The maximum absolute atomic E-state index is 12.5. The number of carbonyl (C=O) groups excluding carboxylic acids is 1. The van der Waals surface area contributed by atoms with Gasteiger partial charge in [0.1, 0.15) is 11.0 Å². The summed E-state index contributed by atoms with van der Waals surface area (Å²) in [5.41, 5.74) is 1.70. The summed E-state index contributed by atoms with van der Waals surface area (Å²) in [6, 6.07) is 3.27. The summed E-state index contributed by atoms with van der Waals surface area (Å²) in [7, 11) is 0. The predicted octanol–water partition coefficient (Wildman–Crippen LogP) is 2.45. The van der Waals surface area contributed by atoms with E-state index in [4.69, 9.17) is 4.74 Å². The average molecular weight is 304 g/mol. The van der Waals surface area contributed by atoms with E-state index in [1.165, 1.54) is 0 Å². The number of anilines is 1. The van der Waals surface area contributed by atoms with Crippen molar-refractivity contribution in [3.63, 3.8) is 0 Å². The van der Waals surface area contributed by atoms with Crippen molar-refractivity contribution in [3.05, 3.63) is 40.6 Å². The number of hydrogen-bond acceptors (Lipinski definition) is 5. The zero-order valence-electron chi connectivity index (χ0n) is 11.7. The van der Waals surface area contributed by atoms with E-state index in [2.05, 4.69) is 15.3 Å². The van der Waals surface area contributed by atoms with Crippen LogP contribution in [0.4, 0.5) is 10.5 Å². The number of aryl methyl sites for hydroxylation is 1. The Labute approximate surface area is 126 Å². The van der Waals surface area contributed by atoms with Crippen LogP contribution < -0.4 is 5.32 Å². The number of nitrogens with one attached hydrogen (secondary N) is 1. The van der Waals surface area contributed by atoms with Crippen LogP contribution in [0.1, 0.15) is 16.7 Å². The van der Waals surface area contributed by atoms with Gasteiger partial charge in [-0.1, -0.05) is 0 Å². The quantitative estimate of drug-likeness (QED) is 0.925. The van der Waals surface area contributed by atoms with Gasteiger partial charge in [0.25, 0.3) is 0 Å². The highest BCUT2D eigenvalue weighted by molar-refractivity contribution is 7.09. The molecule has 3 heterocycles. The minimum atomic E-state index is -0.137. The first-order valence-corrected chi connectivity index (χ1v) is 7.59. The monoisotopic (exact) mass is 304 g/mol. The highest BCUT2D eigenvalue weighted by Gasteiger charge is 2.30. The summed E-state index contributed by atoms with van der Waals surface area (Å²) in [4.78, 5) is 22.7. The standard InChI is InChI=1S/C14H16N4O2S/c1-10-9-21-13(16-10)12-8-20-7-6-18(12)14(19)17-11-2-4-15-5-3-11/h2-5,9,12H,6-8H2,1H3,(H,15,17,19)/t12-/m1/s1. The Balaban J connectivity index is 1.76. The number of ether oxygens (including phenoxy) is 1. The molecule has 0 aromatic carbocycles. The first-order valence-electron chi connectivity index (χ1n) is 6.71. The molecule has 1 atom stereocenters. The SMILES string of the molecule is Cc1csc([C@H]2COCCN2C(=O)Nc2ccncc2)n1. The van der Waals surface area contributed by atoms with Gasteiger partial charge >= 0.3 is 6.03 Å². The lowest BCUT2D eigenvalue weighted by molar-refractivity contribution is 0.0147. The van der Waals surface area contributed by atoms with Gasteiger partial charge in [-0.25, -0.2) is 9.78 Å². The van der Waals surface area contributed by atoms with E-state index >= 15 is 0 Å². The van der Waals surface area contributed by atoms with E-state index in [0.717, 1.165) is 16.4 Å². The van der Waals surface area contributed by atoms with Crippen LogP contribution in [0.2, 0.25) is 0 Å².